The van der Waals surface area contributed by atoms with Crippen LogP contribution in [0.3, 0.4) is 0 Å². The molecule has 2 saturated heterocycles. The molecule has 35 heavy (non-hydrogen) atoms. The molecule has 3 aliphatic rings. The predicted octanol–water partition coefficient (Wildman–Crippen LogP) is 3.15. The third-order valence-corrected chi connectivity index (χ3v) is 8.40. The zero-order valence-corrected chi connectivity index (χ0v) is 20.6. The maximum atomic E-state index is 14.8. The van der Waals surface area contributed by atoms with Crippen molar-refractivity contribution in [3.05, 3.63) is 70.7 Å². The van der Waals surface area contributed by atoms with Gasteiger partial charge < -0.3 is 19.5 Å². The fourth-order valence-electron chi connectivity index (χ4n) is 6.63. The van der Waals surface area contributed by atoms with Gasteiger partial charge >= 0.3 is 0 Å². The molecule has 2 fully saturated rings. The van der Waals surface area contributed by atoms with Crippen LogP contribution in [0.4, 0.5) is 4.39 Å². The number of likely N-dealkylation sites (N-methyl/N-ethyl adjacent to an activating group) is 1. The molecule has 3 heterocycles. The van der Waals surface area contributed by atoms with E-state index in [0.29, 0.717) is 24.7 Å². The molecule has 0 radical (unpaired) electrons. The van der Waals surface area contributed by atoms with Crippen molar-refractivity contribution in [2.45, 2.75) is 36.9 Å². The number of carbonyl (C=O) groups excluding carboxylic acids is 1. The number of amides is 1. The smallest absolute Gasteiger partial charge is 0.256 e. The van der Waals surface area contributed by atoms with Gasteiger partial charge in [0.1, 0.15) is 5.82 Å². The first-order chi connectivity index (χ1) is 16.8. The van der Waals surface area contributed by atoms with Crippen LogP contribution in [0, 0.1) is 5.82 Å². The number of halogens is 1. The molecule has 3 atom stereocenters. The van der Waals surface area contributed by atoms with Gasteiger partial charge in [-0.25, -0.2) is 4.39 Å². The largest absolute Gasteiger partial charge is 0.389 e. The number of hydrogen-bond acceptors (Lipinski definition) is 4. The van der Waals surface area contributed by atoms with Crippen LogP contribution in [-0.2, 0) is 13.5 Å². The third-order valence-electron chi connectivity index (χ3n) is 8.40. The molecule has 184 valence electrons. The Balaban J connectivity index is 1.36. The lowest BCUT2D eigenvalue weighted by Crippen LogP contribution is -2.53. The molecule has 0 spiro atoms. The fraction of sp³-hybridized carbons (Fsp3) is 0.464. The molecule has 1 aromatic heterocycles. The number of para-hydroxylation sites is 1. The van der Waals surface area contributed by atoms with Gasteiger partial charge in [0.2, 0.25) is 0 Å². The zero-order valence-electron chi connectivity index (χ0n) is 20.6. The summed E-state index contributed by atoms with van der Waals surface area (Å²) in [5, 5.41) is 10.8. The number of aromatic nitrogens is 1. The van der Waals surface area contributed by atoms with Crippen molar-refractivity contribution in [2.75, 3.05) is 40.3 Å². The minimum absolute atomic E-state index is 0.0242. The maximum absolute atomic E-state index is 14.8. The summed E-state index contributed by atoms with van der Waals surface area (Å²) in [5.41, 5.74) is 4.90. The molecular weight excluding hydrogens is 443 g/mol. The van der Waals surface area contributed by atoms with Crippen molar-refractivity contribution >= 4 is 16.8 Å². The second-order valence-electron chi connectivity index (χ2n) is 10.7. The van der Waals surface area contributed by atoms with E-state index in [1.165, 1.54) is 5.56 Å². The molecule has 6 rings (SSSR count). The Bertz CT molecular complexity index is 1300. The highest BCUT2D eigenvalue weighted by atomic mass is 19.1. The van der Waals surface area contributed by atoms with E-state index < -0.39 is 6.10 Å². The number of likely N-dealkylation sites (tertiary alicyclic amines) is 2. The SMILES string of the molecule is CN(C)[C@H]1CN(C2CCc3cccc(F)c32)C[C@@H]1c1cn(C)c2c(C(=O)N3CC(O)C3)cccc12. The number of nitrogens with zero attached hydrogens (tertiary/aromatic N) is 4. The lowest BCUT2D eigenvalue weighted by Gasteiger charge is -2.36. The molecule has 2 aliphatic heterocycles. The highest BCUT2D eigenvalue weighted by Crippen LogP contribution is 2.44. The summed E-state index contributed by atoms with van der Waals surface area (Å²) in [7, 11) is 6.26. The summed E-state index contributed by atoms with van der Waals surface area (Å²) in [4.78, 5) is 19.6. The third kappa shape index (κ3) is 3.60. The molecule has 1 N–H and O–H groups in total. The number of aryl methyl sites for hydroxylation is 2. The van der Waals surface area contributed by atoms with E-state index in [9.17, 15) is 14.3 Å². The zero-order chi connectivity index (χ0) is 24.4. The van der Waals surface area contributed by atoms with Crippen molar-refractivity contribution in [1.82, 2.24) is 19.3 Å². The van der Waals surface area contributed by atoms with Crippen LogP contribution >= 0.6 is 0 Å². The van der Waals surface area contributed by atoms with E-state index in [4.69, 9.17) is 0 Å². The number of carbonyl (C=O) groups is 1. The summed E-state index contributed by atoms with van der Waals surface area (Å²) < 4.78 is 16.9. The highest BCUT2D eigenvalue weighted by molar-refractivity contribution is 6.07. The maximum Gasteiger partial charge on any atom is 0.256 e. The first-order valence-corrected chi connectivity index (χ1v) is 12.6. The topological polar surface area (TPSA) is 52.0 Å². The number of fused-ring (bicyclic) bond motifs is 2. The quantitative estimate of drug-likeness (QED) is 0.629. The number of β-amino-alcohol motifs (C(OH)–C–C–N with tert-alkyl or cyclic N) is 1. The molecule has 1 unspecified atom stereocenters. The Morgan fingerprint density at radius 2 is 1.86 bits per heavy atom. The van der Waals surface area contributed by atoms with Crippen molar-refractivity contribution in [3.8, 4) is 0 Å². The van der Waals surface area contributed by atoms with Gasteiger partial charge in [0.15, 0.2) is 0 Å². The summed E-state index contributed by atoms with van der Waals surface area (Å²) in [6.07, 6.45) is 3.65. The van der Waals surface area contributed by atoms with Crippen LogP contribution in [-0.4, -0.2) is 82.7 Å². The van der Waals surface area contributed by atoms with Gasteiger partial charge in [-0.05, 0) is 50.2 Å². The van der Waals surface area contributed by atoms with Crippen molar-refractivity contribution < 1.29 is 14.3 Å². The molecule has 6 nitrogen and oxygen atoms in total. The number of benzene rings is 2. The van der Waals surface area contributed by atoms with Gasteiger partial charge in [0, 0.05) is 68.4 Å². The monoisotopic (exact) mass is 476 g/mol. The molecular formula is C28H33FN4O2. The van der Waals surface area contributed by atoms with Crippen LogP contribution in [0.15, 0.2) is 42.6 Å². The van der Waals surface area contributed by atoms with Crippen molar-refractivity contribution in [1.29, 1.82) is 0 Å². The highest BCUT2D eigenvalue weighted by Gasteiger charge is 2.42. The second kappa shape index (κ2) is 8.43. The molecule has 2 aromatic carbocycles. The van der Waals surface area contributed by atoms with Crippen molar-refractivity contribution in [3.63, 3.8) is 0 Å². The predicted molar refractivity (Wildman–Crippen MR) is 134 cm³/mol. The summed E-state index contributed by atoms with van der Waals surface area (Å²) in [6, 6.07) is 11.9. The minimum atomic E-state index is -0.419. The molecule has 1 aliphatic carbocycles. The Morgan fingerprint density at radius 3 is 2.60 bits per heavy atom. The molecule has 0 bridgehead atoms. The van der Waals surface area contributed by atoms with Crippen LogP contribution in [0.2, 0.25) is 0 Å². The van der Waals surface area contributed by atoms with E-state index >= 15 is 0 Å². The molecule has 0 saturated carbocycles. The number of aliphatic hydroxyl groups is 1. The van der Waals surface area contributed by atoms with E-state index in [1.54, 1.807) is 11.0 Å². The van der Waals surface area contributed by atoms with E-state index in [1.807, 2.05) is 25.2 Å². The number of aliphatic hydroxyl groups excluding tert-OH is 1. The van der Waals surface area contributed by atoms with Gasteiger partial charge in [0.05, 0.1) is 17.2 Å². The Morgan fingerprint density at radius 1 is 1.09 bits per heavy atom. The fourth-order valence-corrected chi connectivity index (χ4v) is 6.63. The van der Waals surface area contributed by atoms with Crippen LogP contribution in [0.1, 0.15) is 45.4 Å². The average molecular weight is 477 g/mol. The number of hydrogen-bond donors (Lipinski definition) is 1. The average Bonchev–Trinajstić information content (AvgIpc) is 3.52. The lowest BCUT2D eigenvalue weighted by molar-refractivity contribution is 0.00600. The van der Waals surface area contributed by atoms with E-state index in [-0.39, 0.29) is 23.7 Å². The number of rotatable bonds is 4. The normalized spacial score (nSPS) is 25.0. The Hall–Kier alpha value is -2.74. The molecule has 7 heteroatoms. The standard InChI is InChI=1S/C28H33FN4O2/c1-30(2)25-16-32(24-11-10-17-6-4-9-23(29)26(17)24)15-22(25)21-14-31(3)27-19(21)7-5-8-20(27)28(35)33-12-18(34)13-33/h4-9,14,18,22,24-25,34H,10-13,15-16H2,1-3H3/t22-,24?,25+/m1/s1. The molecule has 3 aromatic rings. The summed E-state index contributed by atoms with van der Waals surface area (Å²) in [6.45, 7) is 2.53. The van der Waals surface area contributed by atoms with Gasteiger partial charge in [-0.2, -0.15) is 0 Å². The van der Waals surface area contributed by atoms with E-state index in [0.717, 1.165) is 48.0 Å². The summed E-state index contributed by atoms with van der Waals surface area (Å²) in [5.74, 6) is 0.142. The van der Waals surface area contributed by atoms with E-state index in [2.05, 4.69) is 46.8 Å². The van der Waals surface area contributed by atoms with Crippen LogP contribution in [0.25, 0.3) is 10.9 Å². The van der Waals surface area contributed by atoms with Crippen LogP contribution in [0.5, 0.6) is 0 Å². The van der Waals surface area contributed by atoms with Crippen molar-refractivity contribution in [2.24, 2.45) is 7.05 Å². The van der Waals surface area contributed by atoms with Gasteiger partial charge in [-0.1, -0.05) is 24.3 Å². The first kappa shape index (κ1) is 22.7. The summed E-state index contributed by atoms with van der Waals surface area (Å²) >= 11 is 0. The Kier molecular flexibility index (Phi) is 5.47. The van der Waals surface area contributed by atoms with Crippen LogP contribution < -0.4 is 0 Å². The van der Waals surface area contributed by atoms with Gasteiger partial charge in [-0.3, -0.25) is 9.69 Å². The Labute approximate surface area is 205 Å². The first-order valence-electron chi connectivity index (χ1n) is 12.6. The molecule has 1 amide bonds. The van der Waals surface area contributed by atoms with Gasteiger partial charge in [0.25, 0.3) is 5.91 Å². The minimum Gasteiger partial charge on any atom is -0.389 e. The lowest BCUT2D eigenvalue weighted by atomic mass is 9.92. The van der Waals surface area contributed by atoms with Gasteiger partial charge in [-0.15, -0.1) is 0 Å². The second-order valence-corrected chi connectivity index (χ2v) is 10.7.